The summed E-state index contributed by atoms with van der Waals surface area (Å²) in [5.41, 5.74) is 0. The van der Waals surface area contributed by atoms with Crippen molar-refractivity contribution < 1.29 is 18.7 Å². The molecule has 0 aliphatic carbocycles. The molecule has 86 valence electrons. The first-order valence-corrected chi connectivity index (χ1v) is 6.46. The van der Waals surface area contributed by atoms with Crippen LogP contribution in [0.15, 0.2) is 0 Å². The molecule has 0 radical (unpaired) electrons. The lowest BCUT2D eigenvalue weighted by atomic mass is 10.4. The summed E-state index contributed by atoms with van der Waals surface area (Å²) in [6.07, 6.45) is 1.81. The number of hydrogen-bond donors (Lipinski definition) is 2. The molecule has 0 saturated heterocycles. The molecule has 0 fully saturated rings. The van der Waals surface area contributed by atoms with Gasteiger partial charge in [0, 0.05) is 20.8 Å². The Bertz CT molecular complexity index is 177. The molecule has 0 rings (SSSR count). The Morgan fingerprint density at radius 1 is 1.29 bits per heavy atom. The number of ether oxygens (including phenoxy) is 1. The smallest absolute Gasteiger partial charge is 0.327 e. The molecular weight excluding hydrogens is 205 g/mol. The zero-order chi connectivity index (χ0) is 10.9. The lowest BCUT2D eigenvalue weighted by molar-refractivity contribution is 0.194. The minimum Gasteiger partial charge on any atom is -0.385 e. The molecule has 0 bridgehead atoms. The van der Waals surface area contributed by atoms with Gasteiger partial charge in [-0.15, -0.1) is 0 Å². The van der Waals surface area contributed by atoms with Crippen molar-refractivity contribution in [1.82, 2.24) is 5.32 Å². The SMILES string of the molecule is COCCCNCCCP(=O)(O)OC. The zero-order valence-electron chi connectivity index (χ0n) is 8.86. The van der Waals surface area contributed by atoms with Crippen molar-refractivity contribution in [3.63, 3.8) is 0 Å². The van der Waals surface area contributed by atoms with E-state index in [9.17, 15) is 4.57 Å². The first kappa shape index (κ1) is 14.1. The summed E-state index contributed by atoms with van der Waals surface area (Å²) in [5.74, 6) is 0. The first-order valence-electron chi connectivity index (χ1n) is 4.69. The molecule has 0 aromatic rings. The van der Waals surface area contributed by atoms with E-state index in [0.29, 0.717) is 6.42 Å². The lowest BCUT2D eigenvalue weighted by Crippen LogP contribution is -2.18. The monoisotopic (exact) mass is 225 g/mol. The van der Waals surface area contributed by atoms with Crippen LogP contribution in [-0.2, 0) is 13.8 Å². The summed E-state index contributed by atoms with van der Waals surface area (Å²) < 4.78 is 20.3. The summed E-state index contributed by atoms with van der Waals surface area (Å²) in [4.78, 5) is 9.05. The van der Waals surface area contributed by atoms with Crippen LogP contribution in [0.1, 0.15) is 12.8 Å². The van der Waals surface area contributed by atoms with E-state index in [1.54, 1.807) is 7.11 Å². The zero-order valence-corrected chi connectivity index (χ0v) is 9.76. The van der Waals surface area contributed by atoms with Gasteiger partial charge in [-0.1, -0.05) is 0 Å². The molecule has 0 amide bonds. The van der Waals surface area contributed by atoms with E-state index >= 15 is 0 Å². The molecule has 0 aliphatic rings. The topological polar surface area (TPSA) is 67.8 Å². The number of nitrogens with one attached hydrogen (secondary N) is 1. The molecule has 0 saturated carbocycles. The van der Waals surface area contributed by atoms with Gasteiger partial charge in [-0.3, -0.25) is 4.57 Å². The van der Waals surface area contributed by atoms with Crippen LogP contribution < -0.4 is 5.32 Å². The Balaban J connectivity index is 3.17. The molecule has 0 aromatic heterocycles. The molecule has 0 aromatic carbocycles. The minimum atomic E-state index is -3.30. The number of methoxy groups -OCH3 is 1. The Labute approximate surface area is 85.3 Å². The van der Waals surface area contributed by atoms with Crippen LogP contribution in [0.25, 0.3) is 0 Å². The van der Waals surface area contributed by atoms with Gasteiger partial charge in [0.05, 0.1) is 6.16 Å². The van der Waals surface area contributed by atoms with Crippen LogP contribution in [0, 0.1) is 0 Å². The van der Waals surface area contributed by atoms with Crippen molar-refractivity contribution in [2.45, 2.75) is 12.8 Å². The van der Waals surface area contributed by atoms with Gasteiger partial charge < -0.3 is 19.5 Å². The second-order valence-corrected chi connectivity index (χ2v) is 5.08. The average Bonchev–Trinajstić information content (AvgIpc) is 2.16. The fourth-order valence-electron chi connectivity index (χ4n) is 0.962. The maximum Gasteiger partial charge on any atom is 0.327 e. The summed E-state index contributed by atoms with van der Waals surface area (Å²) >= 11 is 0. The predicted octanol–water partition coefficient (Wildman–Crippen LogP) is 0.834. The number of hydrogen-bond acceptors (Lipinski definition) is 4. The van der Waals surface area contributed by atoms with E-state index in [1.807, 2.05) is 0 Å². The molecule has 14 heavy (non-hydrogen) atoms. The Hall–Kier alpha value is 0.0700. The van der Waals surface area contributed by atoms with E-state index in [1.165, 1.54) is 7.11 Å². The van der Waals surface area contributed by atoms with E-state index in [0.717, 1.165) is 26.1 Å². The molecule has 0 heterocycles. The van der Waals surface area contributed by atoms with Crippen LogP contribution in [0.5, 0.6) is 0 Å². The van der Waals surface area contributed by atoms with Crippen molar-refractivity contribution >= 4 is 7.60 Å². The van der Waals surface area contributed by atoms with Crippen LogP contribution in [0.3, 0.4) is 0 Å². The van der Waals surface area contributed by atoms with Crippen LogP contribution >= 0.6 is 7.60 Å². The van der Waals surface area contributed by atoms with Crippen molar-refractivity contribution in [2.75, 3.05) is 40.1 Å². The third-order valence-electron chi connectivity index (χ3n) is 1.78. The highest BCUT2D eigenvalue weighted by Gasteiger charge is 2.15. The maximum absolute atomic E-state index is 11.0. The Morgan fingerprint density at radius 3 is 2.50 bits per heavy atom. The highest BCUT2D eigenvalue weighted by molar-refractivity contribution is 7.52. The van der Waals surface area contributed by atoms with Crippen molar-refractivity contribution in [1.29, 1.82) is 0 Å². The molecule has 5 nitrogen and oxygen atoms in total. The highest BCUT2D eigenvalue weighted by atomic mass is 31.2. The molecular formula is C8H20NO4P. The Morgan fingerprint density at radius 2 is 1.93 bits per heavy atom. The van der Waals surface area contributed by atoms with Crippen molar-refractivity contribution in [3.05, 3.63) is 0 Å². The van der Waals surface area contributed by atoms with Gasteiger partial charge in [0.25, 0.3) is 0 Å². The molecule has 0 spiro atoms. The van der Waals surface area contributed by atoms with Gasteiger partial charge in [0.15, 0.2) is 0 Å². The van der Waals surface area contributed by atoms with E-state index in [4.69, 9.17) is 9.63 Å². The third kappa shape index (κ3) is 8.66. The van der Waals surface area contributed by atoms with Crippen LogP contribution in [0.4, 0.5) is 0 Å². The van der Waals surface area contributed by atoms with Crippen molar-refractivity contribution in [2.24, 2.45) is 0 Å². The van der Waals surface area contributed by atoms with Gasteiger partial charge in [-0.2, -0.15) is 0 Å². The van der Waals surface area contributed by atoms with Gasteiger partial charge in [-0.25, -0.2) is 0 Å². The lowest BCUT2D eigenvalue weighted by Gasteiger charge is -2.08. The van der Waals surface area contributed by atoms with E-state index < -0.39 is 7.60 Å². The summed E-state index contributed by atoms with van der Waals surface area (Å²) in [6.45, 7) is 2.34. The third-order valence-corrected chi connectivity index (χ3v) is 3.23. The van der Waals surface area contributed by atoms with E-state index in [-0.39, 0.29) is 6.16 Å². The van der Waals surface area contributed by atoms with Crippen LogP contribution in [-0.4, -0.2) is 45.0 Å². The summed E-state index contributed by atoms with van der Waals surface area (Å²) in [6, 6.07) is 0. The van der Waals surface area contributed by atoms with Gasteiger partial charge in [0.2, 0.25) is 0 Å². The Kier molecular flexibility index (Phi) is 8.43. The molecule has 1 unspecified atom stereocenters. The fraction of sp³-hybridized carbons (Fsp3) is 1.00. The van der Waals surface area contributed by atoms with Gasteiger partial charge in [-0.05, 0) is 25.9 Å². The summed E-state index contributed by atoms with van der Waals surface area (Å²) in [7, 11) is -0.375. The first-order chi connectivity index (χ1) is 6.62. The second kappa shape index (κ2) is 8.38. The minimum absolute atomic E-state index is 0.209. The van der Waals surface area contributed by atoms with Crippen LogP contribution in [0.2, 0.25) is 0 Å². The quantitative estimate of drug-likeness (QED) is 0.449. The molecule has 6 heteroatoms. The van der Waals surface area contributed by atoms with Gasteiger partial charge >= 0.3 is 7.60 Å². The predicted molar refractivity (Wildman–Crippen MR) is 55.7 cm³/mol. The molecule has 0 aliphatic heterocycles. The second-order valence-electron chi connectivity index (χ2n) is 2.99. The van der Waals surface area contributed by atoms with E-state index in [2.05, 4.69) is 9.84 Å². The average molecular weight is 225 g/mol. The van der Waals surface area contributed by atoms with Crippen molar-refractivity contribution in [3.8, 4) is 0 Å². The highest BCUT2D eigenvalue weighted by Crippen LogP contribution is 2.40. The molecule has 2 N–H and O–H groups in total. The normalized spacial score (nSPS) is 15.4. The standard InChI is InChI=1S/C8H20NO4P/c1-12-7-3-5-9-6-4-8-14(10,11)13-2/h9H,3-8H2,1-2H3,(H,10,11). The molecule has 1 atom stereocenters. The number of rotatable bonds is 9. The summed E-state index contributed by atoms with van der Waals surface area (Å²) in [5, 5.41) is 3.15. The fourth-order valence-corrected chi connectivity index (χ4v) is 1.70. The maximum atomic E-state index is 11.0. The largest absolute Gasteiger partial charge is 0.385 e. The van der Waals surface area contributed by atoms with Gasteiger partial charge in [0.1, 0.15) is 0 Å².